The standard InChI is InChI=1S/3C18H36O2.2C7H14O6/c3*1-2-3-4-5-6-7-8-9-10-11-12-13-14-15-16-17-18(19)20;2*1-12-7-6(11)5(10)4(9)3(2-8)13-7/h3*2-17H2,1H3,(H,19,20);2*3-11H,2H2,1H3/p-3/t;;;2*3-,4-,5+,6-,7?/m...11/s1. The lowest BCUT2D eigenvalue weighted by Crippen LogP contribution is -2.58. The van der Waals surface area contributed by atoms with Crippen LogP contribution in [0.3, 0.4) is 0 Å². The summed E-state index contributed by atoms with van der Waals surface area (Å²) < 4.78 is 19.3. The molecule has 2 rings (SSSR count). The number of aliphatic hydroxyl groups is 8. The molecule has 0 spiro atoms. The van der Waals surface area contributed by atoms with Crippen LogP contribution in [0.15, 0.2) is 0 Å². The summed E-state index contributed by atoms with van der Waals surface area (Å²) >= 11 is 0. The Bertz CT molecular complexity index is 1230. The molecule has 0 aromatic heterocycles. The van der Waals surface area contributed by atoms with Gasteiger partial charge in [0, 0.05) is 32.1 Å². The Morgan fingerprint density at radius 2 is 0.453 bits per heavy atom. The summed E-state index contributed by atoms with van der Waals surface area (Å²) in [7, 11) is 2.60. The maximum Gasteiger partial charge on any atom is 0.186 e. The molecule has 0 saturated carbocycles. The Morgan fingerprint density at radius 3 is 0.593 bits per heavy atom. The minimum Gasteiger partial charge on any atom is -0.550 e. The van der Waals surface area contributed by atoms with Crippen LogP contribution in [0, 0.1) is 0 Å². The highest BCUT2D eigenvalue weighted by Crippen LogP contribution is 2.23. The number of carbonyl (C=O) groups is 3. The molecule has 2 aliphatic heterocycles. The van der Waals surface area contributed by atoms with E-state index in [2.05, 4.69) is 20.8 Å². The van der Waals surface area contributed by atoms with Crippen molar-refractivity contribution in [3.05, 3.63) is 0 Å². The van der Waals surface area contributed by atoms with E-state index in [4.69, 9.17) is 29.2 Å². The summed E-state index contributed by atoms with van der Waals surface area (Å²) in [5, 5.41) is 104. The maximum atomic E-state index is 10.2. The molecule has 2 unspecified atom stereocenters. The van der Waals surface area contributed by atoms with Crippen molar-refractivity contribution in [1.82, 2.24) is 0 Å². The molecule has 0 aliphatic carbocycles. The van der Waals surface area contributed by atoms with Gasteiger partial charge < -0.3 is 89.5 Å². The average molecular weight is 1240 g/mol. The largest absolute Gasteiger partial charge is 0.550 e. The molecule has 0 aromatic rings. The van der Waals surface area contributed by atoms with Gasteiger partial charge in [0.2, 0.25) is 0 Å². The number of aliphatic hydroxyl groups excluding tert-OH is 8. The number of ether oxygens (including phenoxy) is 4. The molecule has 0 amide bonds. The zero-order valence-electron chi connectivity index (χ0n) is 55.3. The van der Waals surface area contributed by atoms with Gasteiger partial charge in [0.15, 0.2) is 12.6 Å². The van der Waals surface area contributed by atoms with E-state index in [1.807, 2.05) is 0 Å². The summed E-state index contributed by atoms with van der Waals surface area (Å²) in [5.41, 5.74) is 0. The van der Waals surface area contributed by atoms with Crippen LogP contribution in [0.4, 0.5) is 0 Å². The Labute approximate surface area is 523 Å². The minimum absolute atomic E-state index is 0.234. The quantitative estimate of drug-likeness (QED) is 0.0263. The molecule has 0 radical (unpaired) electrons. The Balaban J connectivity index is -0.00000101. The van der Waals surface area contributed by atoms with Gasteiger partial charge in [0.1, 0.15) is 48.8 Å². The number of carboxylic acid groups (broad SMARTS) is 3. The van der Waals surface area contributed by atoms with E-state index >= 15 is 0 Å². The van der Waals surface area contributed by atoms with Crippen molar-refractivity contribution in [2.75, 3.05) is 27.4 Å². The fourth-order valence-corrected chi connectivity index (χ4v) is 10.4. The number of carboxylic acids is 3. The number of hydrogen-bond acceptors (Lipinski definition) is 18. The first-order chi connectivity index (χ1) is 41.5. The lowest BCUT2D eigenvalue weighted by molar-refractivity contribution is -0.307. The van der Waals surface area contributed by atoms with Crippen molar-refractivity contribution in [2.45, 2.75) is 390 Å². The van der Waals surface area contributed by atoms with Gasteiger partial charge >= 0.3 is 0 Å². The molecule has 2 aliphatic rings. The van der Waals surface area contributed by atoms with Gasteiger partial charge in [-0.25, -0.2) is 0 Å². The van der Waals surface area contributed by atoms with Gasteiger partial charge in [0.25, 0.3) is 0 Å². The van der Waals surface area contributed by atoms with Crippen LogP contribution in [0.25, 0.3) is 0 Å². The molecular formula is C68H133O18-3. The fourth-order valence-electron chi connectivity index (χ4n) is 10.4. The number of unbranched alkanes of at least 4 members (excludes halogenated alkanes) is 42. The molecule has 0 aromatic carbocycles. The molecule has 8 N–H and O–H groups in total. The molecule has 86 heavy (non-hydrogen) atoms. The highest BCUT2D eigenvalue weighted by Gasteiger charge is 2.44. The zero-order valence-corrected chi connectivity index (χ0v) is 55.3. The lowest BCUT2D eigenvalue weighted by Gasteiger charge is -2.38. The van der Waals surface area contributed by atoms with Crippen LogP contribution in [0.1, 0.15) is 329 Å². The van der Waals surface area contributed by atoms with Crippen LogP contribution in [0.5, 0.6) is 0 Å². The van der Waals surface area contributed by atoms with Crippen molar-refractivity contribution in [3.63, 3.8) is 0 Å². The molecule has 18 nitrogen and oxygen atoms in total. The van der Waals surface area contributed by atoms with E-state index in [1.54, 1.807) is 0 Å². The highest BCUT2D eigenvalue weighted by molar-refractivity contribution is 5.64. The molecule has 2 heterocycles. The second kappa shape index (κ2) is 67.3. The third-order valence-electron chi connectivity index (χ3n) is 16.1. The van der Waals surface area contributed by atoms with Crippen LogP contribution in [0.2, 0.25) is 0 Å². The monoisotopic (exact) mass is 1240 g/mol. The van der Waals surface area contributed by atoms with Crippen molar-refractivity contribution in [1.29, 1.82) is 0 Å². The molecular weight excluding hydrogens is 1100 g/mol. The summed E-state index contributed by atoms with van der Waals surface area (Å²) in [6.45, 7) is 5.92. The number of carbonyl (C=O) groups excluding carboxylic acids is 3. The molecule has 0 bridgehead atoms. The van der Waals surface area contributed by atoms with E-state index in [0.29, 0.717) is 0 Å². The topological polar surface area (TPSA) is 319 Å². The number of hydrogen-bond donors (Lipinski definition) is 8. The summed E-state index contributed by atoms with van der Waals surface area (Å²) in [4.78, 5) is 30.7. The first kappa shape index (κ1) is 88.1. The molecule has 516 valence electrons. The van der Waals surface area contributed by atoms with E-state index in [0.717, 1.165) is 38.5 Å². The molecule has 2 saturated heterocycles. The van der Waals surface area contributed by atoms with E-state index < -0.39 is 92.5 Å². The fraction of sp³-hybridized carbons (Fsp3) is 0.956. The minimum atomic E-state index is -1.36. The second-order valence-corrected chi connectivity index (χ2v) is 24.1. The normalized spacial score (nSPS) is 21.6. The number of rotatable bonds is 52. The Morgan fingerprint density at radius 1 is 0.291 bits per heavy atom. The smallest absolute Gasteiger partial charge is 0.186 e. The summed E-state index contributed by atoms with van der Waals surface area (Å²) in [6, 6.07) is 0. The van der Waals surface area contributed by atoms with Crippen molar-refractivity contribution < 1.29 is 89.5 Å². The third-order valence-corrected chi connectivity index (χ3v) is 16.1. The first-order valence-electron chi connectivity index (χ1n) is 34.8. The Kier molecular flexibility index (Phi) is 69.0. The van der Waals surface area contributed by atoms with E-state index in [1.165, 1.54) is 265 Å². The maximum absolute atomic E-state index is 10.2. The number of methoxy groups -OCH3 is 2. The number of aliphatic carboxylic acids is 3. The average Bonchev–Trinajstić information content (AvgIpc) is 2.34. The molecule has 10 atom stereocenters. The summed E-state index contributed by atoms with van der Waals surface area (Å²) in [5.74, 6) is -2.71. The van der Waals surface area contributed by atoms with Crippen LogP contribution >= 0.6 is 0 Å². The van der Waals surface area contributed by atoms with Crippen molar-refractivity contribution in [2.24, 2.45) is 0 Å². The van der Waals surface area contributed by atoms with E-state index in [-0.39, 0.29) is 19.3 Å². The van der Waals surface area contributed by atoms with Gasteiger partial charge in [0.05, 0.1) is 13.2 Å². The van der Waals surface area contributed by atoms with Gasteiger partial charge in [-0.3, -0.25) is 0 Å². The predicted molar refractivity (Wildman–Crippen MR) is 335 cm³/mol. The zero-order chi connectivity index (χ0) is 64.7. The van der Waals surface area contributed by atoms with Gasteiger partial charge in [-0.2, -0.15) is 0 Å². The Hall–Kier alpha value is -2.07. The van der Waals surface area contributed by atoms with Crippen molar-refractivity contribution in [3.8, 4) is 0 Å². The molecule has 2 fully saturated rings. The predicted octanol–water partition coefficient (Wildman–Crippen LogP) is 9.86. The second-order valence-electron chi connectivity index (χ2n) is 24.1. The van der Waals surface area contributed by atoms with Gasteiger partial charge in [-0.05, 0) is 38.5 Å². The van der Waals surface area contributed by atoms with Gasteiger partial charge in [-0.15, -0.1) is 0 Å². The lowest BCUT2D eigenvalue weighted by atomic mass is 9.99. The van der Waals surface area contributed by atoms with E-state index in [9.17, 15) is 60.3 Å². The van der Waals surface area contributed by atoms with Crippen LogP contribution < -0.4 is 15.3 Å². The highest BCUT2D eigenvalue weighted by atomic mass is 16.7. The van der Waals surface area contributed by atoms with Crippen LogP contribution in [-0.4, -0.2) is 148 Å². The first-order valence-corrected chi connectivity index (χ1v) is 34.8. The van der Waals surface area contributed by atoms with Gasteiger partial charge in [-0.1, -0.05) is 290 Å². The molecule has 18 heteroatoms. The van der Waals surface area contributed by atoms with Crippen LogP contribution in [-0.2, 0) is 33.3 Å². The third kappa shape index (κ3) is 57.1. The summed E-state index contributed by atoms with van der Waals surface area (Å²) in [6.07, 6.45) is 47.7. The SMILES string of the molecule is CCCCCCCCCCCCCCCCCC(=O)[O-].CCCCCCCCCCCCCCCCCC(=O)[O-].CCCCCCCCCCCCCCCCCC(=O)[O-].COC1O[C@H](CO)[C@@H](O)[C@H](O)[C@H]1O.COC1O[C@H](CO)[C@@H](O)[C@H](O)[C@H]1O. The van der Waals surface area contributed by atoms with Crippen molar-refractivity contribution >= 4 is 17.9 Å².